The molecule has 0 radical (unpaired) electrons. The summed E-state index contributed by atoms with van der Waals surface area (Å²) in [6, 6.07) is 11.7. The van der Waals surface area contributed by atoms with E-state index in [1.54, 1.807) is 35.2 Å². The second-order valence-electron chi connectivity index (χ2n) is 8.02. The van der Waals surface area contributed by atoms with Crippen molar-refractivity contribution < 1.29 is 14.4 Å². The predicted molar refractivity (Wildman–Crippen MR) is 126 cm³/mol. The van der Waals surface area contributed by atoms with Crippen LogP contribution in [0.1, 0.15) is 25.7 Å². The largest absolute Gasteiger partial charge is 0.325 e. The molecule has 2 N–H and O–H groups in total. The molecular weight excluding hydrogens is 451 g/mol. The highest BCUT2D eigenvalue weighted by atomic mass is 35.5. The van der Waals surface area contributed by atoms with Gasteiger partial charge >= 0.3 is 0 Å². The lowest BCUT2D eigenvalue weighted by Gasteiger charge is -2.23. The van der Waals surface area contributed by atoms with Crippen LogP contribution in [0.4, 0.5) is 17.1 Å². The van der Waals surface area contributed by atoms with Gasteiger partial charge in [-0.3, -0.25) is 19.3 Å². The molecule has 2 heterocycles. The Morgan fingerprint density at radius 3 is 2.47 bits per heavy atom. The average molecular weight is 475 g/mol. The SMILES string of the molecule is O=C(CN1CCCC1C(=O)Nc1cc(Cl)cc(Cl)c1)Nc1cccc(N2CCCC2=O)c1. The summed E-state index contributed by atoms with van der Waals surface area (Å²) in [5.74, 6) is -0.302. The molecule has 0 aliphatic carbocycles. The first kappa shape index (κ1) is 22.6. The smallest absolute Gasteiger partial charge is 0.241 e. The van der Waals surface area contributed by atoms with Crippen LogP contribution < -0.4 is 15.5 Å². The molecule has 7 nitrogen and oxygen atoms in total. The van der Waals surface area contributed by atoms with Gasteiger partial charge in [0.2, 0.25) is 17.7 Å². The number of hydrogen-bond acceptors (Lipinski definition) is 4. The summed E-state index contributed by atoms with van der Waals surface area (Å²) in [5.41, 5.74) is 1.93. The molecule has 0 saturated carbocycles. The van der Waals surface area contributed by atoms with Crippen LogP contribution in [0, 0.1) is 0 Å². The minimum absolute atomic E-state index is 0.0976. The minimum atomic E-state index is -0.410. The Balaban J connectivity index is 1.36. The van der Waals surface area contributed by atoms with Crippen molar-refractivity contribution in [3.63, 3.8) is 0 Å². The molecule has 4 rings (SSSR count). The lowest BCUT2D eigenvalue weighted by molar-refractivity contribution is -0.122. The average Bonchev–Trinajstić information content (AvgIpc) is 3.36. The molecule has 0 bridgehead atoms. The number of halogens is 2. The van der Waals surface area contributed by atoms with E-state index in [2.05, 4.69) is 10.6 Å². The zero-order valence-corrected chi connectivity index (χ0v) is 19.0. The maximum atomic E-state index is 12.8. The Bertz CT molecular complexity index is 1030. The molecule has 2 aliphatic rings. The standard InChI is InChI=1S/C23H24Cl2N4O3/c24-15-10-16(25)12-18(11-15)27-23(32)20-6-2-8-28(20)14-21(30)26-17-4-1-5-19(13-17)29-9-3-7-22(29)31/h1,4-5,10-13,20H,2-3,6-9,14H2,(H,26,30)(H,27,32). The fraction of sp³-hybridized carbons (Fsp3) is 0.348. The van der Waals surface area contributed by atoms with Gasteiger partial charge in [0.1, 0.15) is 0 Å². The first-order valence-corrected chi connectivity index (χ1v) is 11.4. The van der Waals surface area contributed by atoms with Crippen LogP contribution >= 0.6 is 23.2 Å². The predicted octanol–water partition coefficient (Wildman–Crippen LogP) is 4.16. The second kappa shape index (κ2) is 9.90. The number of hydrogen-bond donors (Lipinski definition) is 2. The van der Waals surface area contributed by atoms with Crippen molar-refractivity contribution in [2.45, 2.75) is 31.7 Å². The van der Waals surface area contributed by atoms with Crippen LogP contribution in [-0.2, 0) is 14.4 Å². The van der Waals surface area contributed by atoms with E-state index in [1.807, 2.05) is 17.0 Å². The first-order chi connectivity index (χ1) is 15.4. The highest BCUT2D eigenvalue weighted by molar-refractivity contribution is 6.35. The maximum absolute atomic E-state index is 12.8. The fourth-order valence-electron chi connectivity index (χ4n) is 4.22. The van der Waals surface area contributed by atoms with E-state index < -0.39 is 6.04 Å². The number of carbonyl (C=O) groups excluding carboxylic acids is 3. The van der Waals surface area contributed by atoms with Crippen LogP contribution in [0.3, 0.4) is 0 Å². The van der Waals surface area contributed by atoms with Crippen LogP contribution in [0.5, 0.6) is 0 Å². The van der Waals surface area contributed by atoms with Crippen molar-refractivity contribution in [1.82, 2.24) is 4.90 Å². The van der Waals surface area contributed by atoms with Crippen LogP contribution in [0.15, 0.2) is 42.5 Å². The Morgan fingerprint density at radius 2 is 1.75 bits per heavy atom. The van der Waals surface area contributed by atoms with Crippen LogP contribution in [-0.4, -0.2) is 48.3 Å². The molecule has 1 unspecified atom stereocenters. The van der Waals surface area contributed by atoms with E-state index in [4.69, 9.17) is 23.2 Å². The van der Waals surface area contributed by atoms with E-state index in [-0.39, 0.29) is 24.3 Å². The highest BCUT2D eigenvalue weighted by Gasteiger charge is 2.32. The van der Waals surface area contributed by atoms with Crippen molar-refractivity contribution >= 4 is 58.0 Å². The topological polar surface area (TPSA) is 81.8 Å². The quantitative estimate of drug-likeness (QED) is 0.658. The van der Waals surface area contributed by atoms with Crippen molar-refractivity contribution in [2.75, 3.05) is 35.2 Å². The second-order valence-corrected chi connectivity index (χ2v) is 8.90. The number of amides is 3. The zero-order valence-electron chi connectivity index (χ0n) is 17.4. The summed E-state index contributed by atoms with van der Waals surface area (Å²) < 4.78 is 0. The summed E-state index contributed by atoms with van der Waals surface area (Å²) >= 11 is 12.0. The molecule has 2 aliphatic heterocycles. The maximum Gasteiger partial charge on any atom is 0.241 e. The molecule has 9 heteroatoms. The van der Waals surface area contributed by atoms with Gasteiger partial charge in [0.25, 0.3) is 0 Å². The highest BCUT2D eigenvalue weighted by Crippen LogP contribution is 2.26. The Morgan fingerprint density at radius 1 is 0.969 bits per heavy atom. The molecule has 2 aromatic rings. The van der Waals surface area contributed by atoms with Crippen molar-refractivity contribution in [1.29, 1.82) is 0 Å². The molecule has 3 amide bonds. The van der Waals surface area contributed by atoms with E-state index in [9.17, 15) is 14.4 Å². The van der Waals surface area contributed by atoms with E-state index >= 15 is 0 Å². The molecule has 2 fully saturated rings. The van der Waals surface area contributed by atoms with Gasteiger partial charge in [-0.25, -0.2) is 0 Å². The lowest BCUT2D eigenvalue weighted by atomic mass is 10.2. The Hall–Kier alpha value is -2.61. The normalized spacial score (nSPS) is 18.8. The van der Waals surface area contributed by atoms with E-state index in [0.29, 0.717) is 47.4 Å². The van der Waals surface area contributed by atoms with Crippen molar-refractivity contribution in [2.24, 2.45) is 0 Å². The third-order valence-corrected chi connectivity index (χ3v) is 6.09. The van der Waals surface area contributed by atoms with Gasteiger partial charge in [0.05, 0.1) is 12.6 Å². The zero-order chi connectivity index (χ0) is 22.7. The molecule has 1 atom stereocenters. The molecular formula is C23H24Cl2N4O3. The van der Waals surface area contributed by atoms with Gasteiger partial charge in [-0.1, -0.05) is 29.3 Å². The summed E-state index contributed by atoms with van der Waals surface area (Å²) in [6.07, 6.45) is 2.89. The number of rotatable bonds is 6. The Labute approximate surface area is 196 Å². The number of anilines is 3. The summed E-state index contributed by atoms with van der Waals surface area (Å²) in [4.78, 5) is 41.1. The number of carbonyl (C=O) groups is 3. The molecule has 2 saturated heterocycles. The third kappa shape index (κ3) is 5.41. The summed E-state index contributed by atoms with van der Waals surface area (Å²) in [5, 5.41) is 6.61. The Kier molecular flexibility index (Phi) is 6.98. The number of nitrogens with one attached hydrogen (secondary N) is 2. The van der Waals surface area contributed by atoms with Gasteiger partial charge in [-0.2, -0.15) is 0 Å². The molecule has 0 aromatic heterocycles. The minimum Gasteiger partial charge on any atom is -0.325 e. The van der Waals surface area contributed by atoms with Crippen LogP contribution in [0.25, 0.3) is 0 Å². The van der Waals surface area contributed by atoms with E-state index in [0.717, 1.165) is 18.5 Å². The molecule has 32 heavy (non-hydrogen) atoms. The van der Waals surface area contributed by atoms with Crippen molar-refractivity contribution in [3.05, 3.63) is 52.5 Å². The van der Waals surface area contributed by atoms with Gasteiger partial charge in [0, 0.05) is 40.1 Å². The third-order valence-electron chi connectivity index (χ3n) is 5.66. The van der Waals surface area contributed by atoms with Gasteiger partial charge in [-0.05, 0) is 62.2 Å². The number of likely N-dealkylation sites (tertiary alicyclic amines) is 1. The summed E-state index contributed by atoms with van der Waals surface area (Å²) in [6.45, 7) is 1.45. The number of nitrogens with zero attached hydrogens (tertiary/aromatic N) is 2. The van der Waals surface area contributed by atoms with Crippen molar-refractivity contribution in [3.8, 4) is 0 Å². The lowest BCUT2D eigenvalue weighted by Crippen LogP contribution is -2.43. The molecule has 0 spiro atoms. The molecule has 168 valence electrons. The van der Waals surface area contributed by atoms with Gasteiger partial charge in [-0.15, -0.1) is 0 Å². The van der Waals surface area contributed by atoms with Gasteiger partial charge < -0.3 is 15.5 Å². The first-order valence-electron chi connectivity index (χ1n) is 10.6. The molecule has 2 aromatic carbocycles. The summed E-state index contributed by atoms with van der Waals surface area (Å²) in [7, 11) is 0. The van der Waals surface area contributed by atoms with E-state index in [1.165, 1.54) is 0 Å². The van der Waals surface area contributed by atoms with Crippen LogP contribution in [0.2, 0.25) is 10.0 Å². The fourth-order valence-corrected chi connectivity index (χ4v) is 4.75. The van der Waals surface area contributed by atoms with Gasteiger partial charge in [0.15, 0.2) is 0 Å². The number of benzene rings is 2. The monoisotopic (exact) mass is 474 g/mol.